The van der Waals surface area contributed by atoms with Gasteiger partial charge in [0, 0.05) is 61.1 Å². The second-order valence-electron chi connectivity index (χ2n) is 13.0. The van der Waals surface area contributed by atoms with Crippen LogP contribution in [0, 0.1) is 5.82 Å². The smallest absolute Gasteiger partial charge is 0.303 e. The van der Waals surface area contributed by atoms with Gasteiger partial charge in [-0.1, -0.05) is 17.2 Å². The van der Waals surface area contributed by atoms with Gasteiger partial charge in [0.05, 0.1) is 30.3 Å². The standard InChI is InChI=1S/C36H44FN3O10S/c1-36(2)26-19-23(37)13-16-28(26)40(29(36)20-25-33(44)32(34(25)45)22-11-14-24(48-3)15-12-22)18-8-4-5-9-30(41)39-27(21-51-50-49-47)35(46)38-17-7-6-10-31(42)43/h11-16,19-20,27,32-33,44H,4-10,17-18,21H2,1-3H3,(H3-,38,39,41,42,43,46,47)/p+1. The number of amides is 2. The van der Waals surface area contributed by atoms with Crippen molar-refractivity contribution in [3.63, 3.8) is 0 Å². The molecule has 3 unspecified atom stereocenters. The van der Waals surface area contributed by atoms with Crippen LogP contribution in [-0.4, -0.2) is 87.4 Å². The molecule has 0 saturated heterocycles. The van der Waals surface area contributed by atoms with E-state index in [1.54, 1.807) is 43.5 Å². The first-order valence-corrected chi connectivity index (χ1v) is 17.7. The Morgan fingerprint density at radius 1 is 1.06 bits per heavy atom. The number of Topliss-reactive ketones (excluding diaryl/α,β-unsaturated/α-hetero) is 1. The monoisotopic (exact) mass is 730 g/mol. The minimum absolute atomic E-state index is 0.0141. The Morgan fingerprint density at radius 3 is 2.45 bits per heavy atom. The number of aliphatic carboxylic acids is 1. The van der Waals surface area contributed by atoms with Crippen LogP contribution in [0.4, 0.5) is 10.1 Å². The predicted molar refractivity (Wildman–Crippen MR) is 186 cm³/mol. The van der Waals surface area contributed by atoms with E-state index in [1.807, 2.05) is 18.4 Å². The predicted octanol–water partition coefficient (Wildman–Crippen LogP) is 4.35. The molecule has 0 radical (unpaired) electrons. The molecule has 1 aliphatic heterocycles. The molecule has 2 aromatic carbocycles. The molecular formula is C36H45FN3O10S+. The number of unbranched alkanes of at least 4 members (excludes halogenated alkanes) is 3. The SMILES string of the molecule is COc1ccc(C2C(=O)C(=CC3=[N+](CCCCCC(=O)NC(CSOOO)C(=O)NCCCCC(=O)O)c4ccc(F)cc4C3(C)C)C2O)cc1. The number of allylic oxidation sites excluding steroid dienone is 1. The number of fused-ring (bicyclic) bond motifs is 1. The molecule has 1 saturated carbocycles. The summed E-state index contributed by atoms with van der Waals surface area (Å²) in [6, 6.07) is 10.6. The second kappa shape index (κ2) is 18.4. The minimum Gasteiger partial charge on any atom is -0.497 e. The zero-order chi connectivity index (χ0) is 37.1. The maximum absolute atomic E-state index is 14.4. The van der Waals surface area contributed by atoms with Crippen LogP contribution in [0.3, 0.4) is 0 Å². The molecule has 1 aliphatic carbocycles. The van der Waals surface area contributed by atoms with E-state index < -0.39 is 35.4 Å². The summed E-state index contributed by atoms with van der Waals surface area (Å²) in [6.45, 7) is 4.65. The molecule has 3 atom stereocenters. The van der Waals surface area contributed by atoms with Crippen molar-refractivity contribution in [2.24, 2.45) is 0 Å². The third-order valence-electron chi connectivity index (χ3n) is 9.19. The third-order valence-corrected chi connectivity index (χ3v) is 9.82. The number of aliphatic hydroxyl groups is 1. The summed E-state index contributed by atoms with van der Waals surface area (Å²) in [5.74, 6) is -2.41. The summed E-state index contributed by atoms with van der Waals surface area (Å²) in [7, 11) is 1.55. The van der Waals surface area contributed by atoms with E-state index >= 15 is 0 Å². The zero-order valence-corrected chi connectivity index (χ0v) is 29.7. The van der Waals surface area contributed by atoms with E-state index in [9.17, 15) is 28.7 Å². The molecule has 2 aliphatic rings. The fourth-order valence-corrected chi connectivity index (χ4v) is 6.85. The number of hydrogen-bond donors (Lipinski definition) is 5. The van der Waals surface area contributed by atoms with Crippen molar-refractivity contribution in [2.75, 3.05) is 26.0 Å². The summed E-state index contributed by atoms with van der Waals surface area (Å²) in [5, 5.41) is 37.2. The molecule has 1 fully saturated rings. The summed E-state index contributed by atoms with van der Waals surface area (Å²) >= 11 is 0.628. The average Bonchev–Trinajstić information content (AvgIpc) is 3.30. The molecule has 0 bridgehead atoms. The van der Waals surface area contributed by atoms with Crippen molar-refractivity contribution < 1.29 is 57.7 Å². The molecule has 2 aromatic rings. The fourth-order valence-electron chi connectivity index (χ4n) is 6.38. The Labute approximate surface area is 299 Å². The number of benzene rings is 2. The lowest BCUT2D eigenvalue weighted by Crippen LogP contribution is -2.48. The van der Waals surface area contributed by atoms with Gasteiger partial charge >= 0.3 is 5.97 Å². The number of carbonyl (C=O) groups excluding carboxylic acids is 3. The van der Waals surface area contributed by atoms with Crippen LogP contribution in [0.25, 0.3) is 0 Å². The molecule has 1 heterocycles. The van der Waals surface area contributed by atoms with Crippen LogP contribution >= 0.6 is 12.0 Å². The first-order valence-electron chi connectivity index (χ1n) is 16.8. The largest absolute Gasteiger partial charge is 0.497 e. The highest BCUT2D eigenvalue weighted by atomic mass is 32.2. The van der Waals surface area contributed by atoms with Gasteiger partial charge in [0.25, 0.3) is 0 Å². The number of carboxylic acids is 1. The highest BCUT2D eigenvalue weighted by molar-refractivity contribution is 7.94. The Kier molecular flexibility index (Phi) is 14.3. The van der Waals surface area contributed by atoms with E-state index in [0.717, 1.165) is 17.0 Å². The van der Waals surface area contributed by atoms with Crippen molar-refractivity contribution in [1.82, 2.24) is 10.6 Å². The average molecular weight is 731 g/mol. The number of ether oxygens (including phenoxy) is 1. The Morgan fingerprint density at radius 2 is 1.78 bits per heavy atom. The summed E-state index contributed by atoms with van der Waals surface area (Å²) in [6.07, 6.45) is 3.49. The number of ketones is 1. The number of methoxy groups -OCH3 is 1. The molecule has 13 nitrogen and oxygen atoms in total. The van der Waals surface area contributed by atoms with Gasteiger partial charge in [-0.15, -0.1) is 4.33 Å². The van der Waals surface area contributed by atoms with Gasteiger partial charge in [-0.25, -0.2) is 9.65 Å². The number of carbonyl (C=O) groups is 4. The number of rotatable bonds is 20. The number of nitrogens with one attached hydrogen (secondary N) is 2. The molecule has 15 heteroatoms. The first kappa shape index (κ1) is 39.6. The van der Waals surface area contributed by atoms with Gasteiger partial charge in [0.1, 0.15) is 24.2 Å². The van der Waals surface area contributed by atoms with Gasteiger partial charge < -0.3 is 25.6 Å². The molecule has 5 N–H and O–H groups in total. The van der Waals surface area contributed by atoms with Gasteiger partial charge in [-0.2, -0.15) is 4.58 Å². The van der Waals surface area contributed by atoms with E-state index in [1.165, 1.54) is 12.1 Å². The van der Waals surface area contributed by atoms with Crippen LogP contribution in [0.15, 0.2) is 54.1 Å². The van der Waals surface area contributed by atoms with Gasteiger partial charge in [0.2, 0.25) is 17.5 Å². The third kappa shape index (κ3) is 10.0. The second-order valence-corrected chi connectivity index (χ2v) is 13.7. The molecule has 276 valence electrons. The zero-order valence-electron chi connectivity index (χ0n) is 28.9. The van der Waals surface area contributed by atoms with Crippen molar-refractivity contribution >= 4 is 47.0 Å². The van der Waals surface area contributed by atoms with Gasteiger partial charge in [-0.05, 0) is 69.4 Å². The Hall–Kier alpha value is -4.15. The van der Waals surface area contributed by atoms with E-state index in [0.29, 0.717) is 67.6 Å². The summed E-state index contributed by atoms with van der Waals surface area (Å²) < 4.78 is 26.0. The highest BCUT2D eigenvalue weighted by Gasteiger charge is 2.49. The maximum Gasteiger partial charge on any atom is 0.303 e. The number of carboxylic acid groups (broad SMARTS) is 1. The van der Waals surface area contributed by atoms with E-state index in [-0.39, 0.29) is 42.6 Å². The van der Waals surface area contributed by atoms with Crippen LogP contribution in [0.2, 0.25) is 0 Å². The van der Waals surface area contributed by atoms with Crippen molar-refractivity contribution in [3.05, 3.63) is 71.1 Å². The Balaban J connectivity index is 1.38. The van der Waals surface area contributed by atoms with Crippen LogP contribution in [0.1, 0.15) is 75.8 Å². The fraction of sp³-hybridized carbons (Fsp3) is 0.472. The maximum atomic E-state index is 14.4. The first-order chi connectivity index (χ1) is 24.4. The van der Waals surface area contributed by atoms with Gasteiger partial charge in [-0.3, -0.25) is 19.2 Å². The van der Waals surface area contributed by atoms with Crippen LogP contribution in [0.5, 0.6) is 5.75 Å². The quantitative estimate of drug-likeness (QED) is 0.0326. The lowest BCUT2D eigenvalue weighted by Gasteiger charge is -2.34. The summed E-state index contributed by atoms with van der Waals surface area (Å²) in [5.41, 5.74) is 2.66. The molecule has 0 aromatic heterocycles. The number of aliphatic hydroxyl groups excluding tert-OH is 1. The van der Waals surface area contributed by atoms with Crippen molar-refractivity contribution in [3.8, 4) is 5.75 Å². The topological polar surface area (TPSA) is 184 Å². The minimum atomic E-state index is -1.00. The van der Waals surface area contributed by atoms with E-state index in [4.69, 9.17) is 15.1 Å². The lowest BCUT2D eigenvalue weighted by molar-refractivity contribution is -0.438. The van der Waals surface area contributed by atoms with Crippen LogP contribution < -0.4 is 15.4 Å². The normalized spacial score (nSPS) is 19.0. The number of nitrogens with zero attached hydrogens (tertiary/aromatic N) is 1. The summed E-state index contributed by atoms with van der Waals surface area (Å²) in [4.78, 5) is 49.5. The highest BCUT2D eigenvalue weighted by Crippen LogP contribution is 2.44. The van der Waals surface area contributed by atoms with Crippen molar-refractivity contribution in [2.45, 2.75) is 82.3 Å². The molecule has 51 heavy (non-hydrogen) atoms. The lowest BCUT2D eigenvalue weighted by atomic mass is 9.70. The molecule has 4 rings (SSSR count). The number of halogens is 1. The molecule has 0 spiro atoms. The van der Waals surface area contributed by atoms with Gasteiger partial charge in [0.15, 0.2) is 11.5 Å². The van der Waals surface area contributed by atoms with E-state index in [2.05, 4.69) is 20.0 Å². The van der Waals surface area contributed by atoms with Crippen LogP contribution in [-0.2, 0) is 34.0 Å². The Bertz CT molecular complexity index is 1650. The molecular weight excluding hydrogens is 685 g/mol. The molecule has 2 amide bonds. The number of hydrogen-bond acceptors (Lipinski definition) is 10. The van der Waals surface area contributed by atoms with Crippen molar-refractivity contribution in [1.29, 1.82) is 0 Å².